The van der Waals surface area contributed by atoms with Crippen LogP contribution in [0.2, 0.25) is 5.02 Å². The molecule has 9 heteroatoms. The lowest BCUT2D eigenvalue weighted by Gasteiger charge is -2.26. The summed E-state index contributed by atoms with van der Waals surface area (Å²) in [6.45, 7) is 2.27. The van der Waals surface area contributed by atoms with E-state index in [0.717, 1.165) is 27.5 Å². The number of hydrogen-bond donors (Lipinski definition) is 1. The number of hydrogen-bond acceptors (Lipinski definition) is 5. The van der Waals surface area contributed by atoms with Crippen LogP contribution in [0.4, 0.5) is 4.79 Å². The monoisotopic (exact) mass is 391 g/mol. The lowest BCUT2D eigenvalue weighted by Crippen LogP contribution is -2.43. The van der Waals surface area contributed by atoms with Gasteiger partial charge in [-0.15, -0.1) is 5.10 Å². The third kappa shape index (κ3) is 3.27. The standard InChI is InChI=1S/C17H18ClN5O2S/c1-25-9-7-19-16(24)22-8-6-13-14(10-22)26-17-20-15(21-23(13)17)11-2-4-12(18)5-3-11/h2-5H,6-10H2,1H3,(H,19,24). The molecule has 0 radical (unpaired) electrons. The Bertz CT molecular complexity index is 937. The van der Waals surface area contributed by atoms with Crippen LogP contribution in [0, 0.1) is 0 Å². The Kier molecular flexibility index (Phi) is 4.80. The molecule has 2 aromatic heterocycles. The van der Waals surface area contributed by atoms with E-state index in [1.165, 1.54) is 0 Å². The molecule has 7 nitrogen and oxygen atoms in total. The lowest BCUT2D eigenvalue weighted by atomic mass is 10.2. The smallest absolute Gasteiger partial charge is 0.317 e. The van der Waals surface area contributed by atoms with E-state index in [9.17, 15) is 4.79 Å². The zero-order valence-corrected chi connectivity index (χ0v) is 15.8. The van der Waals surface area contributed by atoms with E-state index in [-0.39, 0.29) is 6.03 Å². The highest BCUT2D eigenvalue weighted by Gasteiger charge is 2.26. The number of urea groups is 1. The third-order valence-electron chi connectivity index (χ3n) is 4.29. The zero-order chi connectivity index (χ0) is 18.1. The number of amides is 2. The Balaban J connectivity index is 1.53. The van der Waals surface area contributed by atoms with E-state index >= 15 is 0 Å². The van der Waals surface area contributed by atoms with E-state index in [0.29, 0.717) is 37.1 Å². The van der Waals surface area contributed by atoms with Crippen molar-refractivity contribution in [1.82, 2.24) is 24.8 Å². The summed E-state index contributed by atoms with van der Waals surface area (Å²) in [6.07, 6.45) is 0.760. The number of nitrogens with zero attached hydrogens (tertiary/aromatic N) is 4. The van der Waals surface area contributed by atoms with Gasteiger partial charge in [0.25, 0.3) is 0 Å². The minimum absolute atomic E-state index is 0.0615. The van der Waals surface area contributed by atoms with Crippen LogP contribution >= 0.6 is 22.9 Å². The van der Waals surface area contributed by atoms with Crippen molar-refractivity contribution in [2.75, 3.05) is 26.8 Å². The van der Waals surface area contributed by atoms with Gasteiger partial charge in [-0.2, -0.15) is 4.98 Å². The molecule has 0 saturated heterocycles. The molecule has 3 heterocycles. The summed E-state index contributed by atoms with van der Waals surface area (Å²) >= 11 is 7.53. The van der Waals surface area contributed by atoms with Crippen LogP contribution in [-0.4, -0.2) is 52.3 Å². The van der Waals surface area contributed by atoms with Crippen molar-refractivity contribution in [3.05, 3.63) is 39.9 Å². The van der Waals surface area contributed by atoms with Crippen molar-refractivity contribution >= 4 is 33.9 Å². The van der Waals surface area contributed by atoms with E-state index in [1.807, 2.05) is 33.7 Å². The number of nitrogens with one attached hydrogen (secondary N) is 1. The Morgan fingerprint density at radius 1 is 1.38 bits per heavy atom. The predicted molar refractivity (Wildman–Crippen MR) is 101 cm³/mol. The highest BCUT2D eigenvalue weighted by atomic mass is 35.5. The first kappa shape index (κ1) is 17.3. The average Bonchev–Trinajstić information content (AvgIpc) is 3.19. The second-order valence-corrected chi connectivity index (χ2v) is 7.50. The summed E-state index contributed by atoms with van der Waals surface area (Å²) in [4.78, 5) is 20.7. The highest BCUT2D eigenvalue weighted by Crippen LogP contribution is 2.29. The Morgan fingerprint density at radius 2 is 2.19 bits per heavy atom. The van der Waals surface area contributed by atoms with Crippen molar-refractivity contribution < 1.29 is 9.53 Å². The molecule has 2 amide bonds. The van der Waals surface area contributed by atoms with Crippen molar-refractivity contribution in [2.45, 2.75) is 13.0 Å². The van der Waals surface area contributed by atoms with Crippen LogP contribution in [0.1, 0.15) is 10.6 Å². The molecule has 0 spiro atoms. The number of methoxy groups -OCH3 is 1. The fourth-order valence-electron chi connectivity index (χ4n) is 2.96. The van der Waals surface area contributed by atoms with E-state index in [4.69, 9.17) is 16.3 Å². The summed E-state index contributed by atoms with van der Waals surface area (Å²) in [5, 5.41) is 8.21. The number of benzene rings is 1. The van der Waals surface area contributed by atoms with Gasteiger partial charge in [0, 0.05) is 42.1 Å². The van der Waals surface area contributed by atoms with Gasteiger partial charge in [0.15, 0.2) is 5.82 Å². The summed E-state index contributed by atoms with van der Waals surface area (Å²) in [5.74, 6) is 0.690. The van der Waals surface area contributed by atoms with Crippen molar-refractivity contribution in [3.63, 3.8) is 0 Å². The molecular weight excluding hydrogens is 374 g/mol. The fourth-order valence-corrected chi connectivity index (χ4v) is 4.20. The van der Waals surface area contributed by atoms with E-state index in [1.54, 1.807) is 18.4 Å². The molecule has 0 unspecified atom stereocenters. The number of rotatable bonds is 4. The molecule has 0 fully saturated rings. The Morgan fingerprint density at radius 3 is 2.96 bits per heavy atom. The number of fused-ring (bicyclic) bond motifs is 3. The molecule has 4 rings (SSSR count). The molecule has 136 valence electrons. The molecule has 0 atom stereocenters. The lowest BCUT2D eigenvalue weighted by molar-refractivity contribution is 0.176. The van der Waals surface area contributed by atoms with Gasteiger partial charge in [-0.3, -0.25) is 0 Å². The molecule has 0 aliphatic carbocycles. The molecular formula is C17H18ClN5O2S. The van der Waals surface area contributed by atoms with Crippen molar-refractivity contribution in [3.8, 4) is 11.4 Å². The Hall–Kier alpha value is -2.16. The van der Waals surface area contributed by atoms with Gasteiger partial charge < -0.3 is 15.0 Å². The molecule has 1 aromatic carbocycles. The minimum Gasteiger partial charge on any atom is -0.383 e. The first-order valence-electron chi connectivity index (χ1n) is 8.30. The molecule has 26 heavy (non-hydrogen) atoms. The maximum atomic E-state index is 12.2. The number of carbonyl (C=O) groups excluding carboxylic acids is 1. The zero-order valence-electron chi connectivity index (χ0n) is 14.2. The number of aromatic nitrogens is 3. The molecule has 3 aromatic rings. The van der Waals surface area contributed by atoms with Gasteiger partial charge in [-0.25, -0.2) is 9.31 Å². The van der Waals surface area contributed by atoms with Crippen LogP contribution in [0.15, 0.2) is 24.3 Å². The topological polar surface area (TPSA) is 71.8 Å². The van der Waals surface area contributed by atoms with Gasteiger partial charge >= 0.3 is 6.03 Å². The number of carbonyl (C=O) groups is 1. The van der Waals surface area contributed by atoms with Crippen LogP contribution in [0.3, 0.4) is 0 Å². The predicted octanol–water partition coefficient (Wildman–Crippen LogP) is 2.83. The largest absolute Gasteiger partial charge is 0.383 e. The maximum absolute atomic E-state index is 12.2. The number of halogens is 1. The quantitative estimate of drug-likeness (QED) is 0.694. The van der Waals surface area contributed by atoms with Crippen LogP contribution < -0.4 is 5.32 Å². The SMILES string of the molecule is COCCNC(=O)N1CCc2c(sc3nc(-c4ccc(Cl)cc4)nn23)C1. The van der Waals surface area contributed by atoms with Gasteiger partial charge in [-0.05, 0) is 24.3 Å². The molecule has 1 aliphatic heterocycles. The fraction of sp³-hybridized carbons (Fsp3) is 0.353. The maximum Gasteiger partial charge on any atom is 0.317 e. The normalized spacial score (nSPS) is 13.8. The molecule has 0 saturated carbocycles. The molecule has 0 bridgehead atoms. The van der Waals surface area contributed by atoms with Crippen molar-refractivity contribution in [1.29, 1.82) is 0 Å². The van der Waals surface area contributed by atoms with Gasteiger partial charge in [0.05, 0.1) is 18.8 Å². The van der Waals surface area contributed by atoms with E-state index in [2.05, 4.69) is 15.4 Å². The first-order valence-corrected chi connectivity index (χ1v) is 9.50. The van der Waals surface area contributed by atoms with Crippen LogP contribution in [0.5, 0.6) is 0 Å². The molecule has 1 aliphatic rings. The second-order valence-electron chi connectivity index (χ2n) is 6.00. The van der Waals surface area contributed by atoms with Crippen LogP contribution in [-0.2, 0) is 17.7 Å². The van der Waals surface area contributed by atoms with Gasteiger partial charge in [0.2, 0.25) is 4.96 Å². The summed E-state index contributed by atoms with van der Waals surface area (Å²) in [6, 6.07) is 7.44. The summed E-state index contributed by atoms with van der Waals surface area (Å²) in [7, 11) is 1.62. The Labute approximate surface area is 159 Å². The minimum atomic E-state index is -0.0615. The average molecular weight is 392 g/mol. The highest BCUT2D eigenvalue weighted by molar-refractivity contribution is 7.17. The number of thiazole rings is 1. The number of ether oxygens (including phenoxy) is 1. The van der Waals surface area contributed by atoms with Crippen molar-refractivity contribution in [2.24, 2.45) is 0 Å². The summed E-state index contributed by atoms with van der Waals surface area (Å²) < 4.78 is 6.87. The second kappa shape index (κ2) is 7.22. The van der Waals surface area contributed by atoms with Gasteiger partial charge in [0.1, 0.15) is 0 Å². The van der Waals surface area contributed by atoms with E-state index < -0.39 is 0 Å². The summed E-state index contributed by atoms with van der Waals surface area (Å²) in [5.41, 5.74) is 2.08. The third-order valence-corrected chi connectivity index (χ3v) is 5.60. The first-order chi connectivity index (χ1) is 12.7. The van der Waals surface area contributed by atoms with Crippen LogP contribution in [0.25, 0.3) is 16.3 Å². The molecule has 1 N–H and O–H groups in total. The van der Waals surface area contributed by atoms with Gasteiger partial charge in [-0.1, -0.05) is 22.9 Å².